The Labute approximate surface area is 252 Å². The highest BCUT2D eigenvalue weighted by atomic mass is 32.2. The van der Waals surface area contributed by atoms with E-state index in [4.69, 9.17) is 18.9 Å². The Kier molecular flexibility index (Phi) is 7.78. The van der Waals surface area contributed by atoms with Gasteiger partial charge < -0.3 is 34.1 Å². The van der Waals surface area contributed by atoms with Crippen LogP contribution in [0.1, 0.15) is 5.56 Å². The fourth-order valence-electron chi connectivity index (χ4n) is 5.29. The van der Waals surface area contributed by atoms with Crippen LogP contribution in [0.5, 0.6) is 23.0 Å². The summed E-state index contributed by atoms with van der Waals surface area (Å²) in [5, 5.41) is 20.5. The highest BCUT2D eigenvalue weighted by Crippen LogP contribution is 2.39. The van der Waals surface area contributed by atoms with Gasteiger partial charge in [-0.25, -0.2) is 8.42 Å². The molecular formula is C31H28N2O10S. The fourth-order valence-corrected chi connectivity index (χ4v) is 6.74. The number of sulfonamides is 1. The molecule has 12 nitrogen and oxygen atoms in total. The van der Waals surface area contributed by atoms with Gasteiger partial charge in [-0.05, 0) is 42.0 Å². The minimum atomic E-state index is -4.40. The van der Waals surface area contributed by atoms with Crippen LogP contribution in [0.4, 0.5) is 11.4 Å². The predicted molar refractivity (Wildman–Crippen MR) is 160 cm³/mol. The molecule has 0 aromatic heterocycles. The Hall–Kier alpha value is -5.17. The summed E-state index contributed by atoms with van der Waals surface area (Å²) in [6.07, 6.45) is 0. The smallest absolute Gasteiger partial charge is 0.324 e. The van der Waals surface area contributed by atoms with E-state index in [0.29, 0.717) is 53.5 Å². The molecule has 4 aromatic rings. The molecule has 0 saturated heterocycles. The lowest BCUT2D eigenvalue weighted by atomic mass is 10.0. The van der Waals surface area contributed by atoms with Crippen LogP contribution in [-0.4, -0.2) is 70.1 Å². The SMILES string of the molecule is O=C(O)CN(Cc1ccc2c(c1)OCCO2)c1ccc(N(CC(=O)O)S(=O)(=O)c2ccc3c(c2)OCCO3)c2ccccc12. The van der Waals surface area contributed by atoms with Crippen molar-refractivity contribution < 1.29 is 47.2 Å². The number of aliphatic carboxylic acids is 2. The molecule has 2 aliphatic heterocycles. The number of benzene rings is 4. The topological polar surface area (TPSA) is 152 Å². The summed E-state index contributed by atoms with van der Waals surface area (Å²) < 4.78 is 51.1. The Morgan fingerprint density at radius 3 is 1.84 bits per heavy atom. The van der Waals surface area contributed by atoms with Crippen molar-refractivity contribution in [2.45, 2.75) is 11.4 Å². The summed E-state index contributed by atoms with van der Waals surface area (Å²) in [6, 6.07) is 19.5. The molecule has 0 unspecified atom stereocenters. The lowest BCUT2D eigenvalue weighted by Gasteiger charge is -2.29. The zero-order chi connectivity index (χ0) is 30.8. The van der Waals surface area contributed by atoms with E-state index in [2.05, 4.69) is 0 Å². The zero-order valence-corrected chi connectivity index (χ0v) is 24.2. The second-order valence-electron chi connectivity index (χ2n) is 10.1. The molecule has 0 amide bonds. The number of ether oxygens (including phenoxy) is 4. The van der Waals surface area contributed by atoms with Crippen molar-refractivity contribution in [2.75, 3.05) is 48.7 Å². The fraction of sp³-hybridized carbons (Fsp3) is 0.226. The Balaban J connectivity index is 1.43. The molecule has 0 fully saturated rings. The molecule has 2 aliphatic rings. The molecule has 4 aromatic carbocycles. The van der Waals surface area contributed by atoms with E-state index in [1.165, 1.54) is 24.3 Å². The maximum atomic E-state index is 14.0. The second-order valence-corrected chi connectivity index (χ2v) is 12.0. The van der Waals surface area contributed by atoms with Crippen molar-refractivity contribution >= 4 is 44.1 Å². The van der Waals surface area contributed by atoms with E-state index in [1.807, 2.05) is 6.07 Å². The first kappa shape index (κ1) is 28.9. The van der Waals surface area contributed by atoms with Crippen molar-refractivity contribution in [3.8, 4) is 23.0 Å². The van der Waals surface area contributed by atoms with Crippen molar-refractivity contribution in [2.24, 2.45) is 0 Å². The lowest BCUT2D eigenvalue weighted by molar-refractivity contribution is -0.136. The molecule has 0 spiro atoms. The van der Waals surface area contributed by atoms with Gasteiger partial charge in [-0.2, -0.15) is 0 Å². The normalized spacial score (nSPS) is 13.7. The number of nitrogens with zero attached hydrogens (tertiary/aromatic N) is 2. The summed E-state index contributed by atoms with van der Waals surface area (Å²) in [7, 11) is -4.40. The Morgan fingerprint density at radius 1 is 0.659 bits per heavy atom. The molecule has 6 rings (SSSR count). The van der Waals surface area contributed by atoms with Gasteiger partial charge in [0.2, 0.25) is 0 Å². The van der Waals surface area contributed by atoms with Gasteiger partial charge in [-0.15, -0.1) is 0 Å². The van der Waals surface area contributed by atoms with Crippen LogP contribution in [0.3, 0.4) is 0 Å². The van der Waals surface area contributed by atoms with Crippen molar-refractivity contribution in [1.82, 2.24) is 0 Å². The third-order valence-corrected chi connectivity index (χ3v) is 8.93. The molecule has 13 heteroatoms. The number of hydrogen-bond acceptors (Lipinski definition) is 9. The van der Waals surface area contributed by atoms with Crippen LogP contribution in [0, 0.1) is 0 Å². The largest absolute Gasteiger partial charge is 0.486 e. The summed E-state index contributed by atoms with van der Waals surface area (Å²) in [5.74, 6) is -0.604. The first-order chi connectivity index (χ1) is 21.2. The molecule has 2 heterocycles. The number of rotatable bonds is 10. The van der Waals surface area contributed by atoms with Gasteiger partial charge in [0, 0.05) is 29.1 Å². The van der Waals surface area contributed by atoms with Crippen LogP contribution in [0.15, 0.2) is 77.7 Å². The van der Waals surface area contributed by atoms with E-state index >= 15 is 0 Å². The van der Waals surface area contributed by atoms with E-state index in [1.54, 1.807) is 47.4 Å². The van der Waals surface area contributed by atoms with Crippen LogP contribution in [-0.2, 0) is 26.2 Å². The van der Waals surface area contributed by atoms with E-state index in [0.717, 1.165) is 9.87 Å². The third-order valence-electron chi connectivity index (χ3n) is 7.17. The molecule has 0 radical (unpaired) electrons. The average molecular weight is 621 g/mol. The molecule has 0 atom stereocenters. The van der Waals surface area contributed by atoms with Gasteiger partial charge in [0.15, 0.2) is 23.0 Å². The number of hydrogen-bond donors (Lipinski definition) is 2. The van der Waals surface area contributed by atoms with E-state index in [9.17, 15) is 28.2 Å². The standard InChI is InChI=1S/C31H28N2O10S/c34-30(35)18-32(17-20-5-9-26-28(15-20)42-13-11-40-26)24-7-8-25(23-4-2-1-3-22(23)24)33(19-31(36)37)44(38,39)21-6-10-27-29(16-21)43-14-12-41-27/h1-10,15-16H,11-14,17-19H2,(H,34,35)(H,36,37). The van der Waals surface area contributed by atoms with Gasteiger partial charge in [0.05, 0.1) is 10.6 Å². The quantitative estimate of drug-likeness (QED) is 0.267. The molecule has 0 bridgehead atoms. The average Bonchev–Trinajstić information content (AvgIpc) is 3.02. The van der Waals surface area contributed by atoms with Crippen LogP contribution < -0.4 is 28.2 Å². The molecule has 228 valence electrons. The van der Waals surface area contributed by atoms with Crippen molar-refractivity contribution in [3.63, 3.8) is 0 Å². The summed E-state index contributed by atoms with van der Waals surface area (Å²) in [4.78, 5) is 25.4. The van der Waals surface area contributed by atoms with Crippen molar-refractivity contribution in [1.29, 1.82) is 0 Å². The van der Waals surface area contributed by atoms with Crippen molar-refractivity contribution in [3.05, 3.63) is 78.4 Å². The maximum Gasteiger partial charge on any atom is 0.324 e. The first-order valence-corrected chi connectivity index (χ1v) is 15.2. The van der Waals surface area contributed by atoms with Crippen LogP contribution >= 0.6 is 0 Å². The number of anilines is 2. The Bertz CT molecular complexity index is 1860. The minimum Gasteiger partial charge on any atom is -0.486 e. The number of carboxylic acids is 2. The second kappa shape index (κ2) is 11.8. The summed E-state index contributed by atoms with van der Waals surface area (Å²) in [5.41, 5.74) is 1.42. The van der Waals surface area contributed by atoms with E-state index < -0.39 is 28.5 Å². The van der Waals surface area contributed by atoms with E-state index in [-0.39, 0.29) is 36.0 Å². The van der Waals surface area contributed by atoms with Gasteiger partial charge in [-0.1, -0.05) is 30.3 Å². The number of carboxylic acid groups (broad SMARTS) is 2. The highest BCUT2D eigenvalue weighted by Gasteiger charge is 2.31. The maximum absolute atomic E-state index is 14.0. The third kappa shape index (κ3) is 5.73. The molecule has 0 aliphatic carbocycles. The summed E-state index contributed by atoms with van der Waals surface area (Å²) in [6.45, 7) is 0.419. The number of fused-ring (bicyclic) bond motifs is 3. The van der Waals surface area contributed by atoms with Gasteiger partial charge in [-0.3, -0.25) is 13.9 Å². The highest BCUT2D eigenvalue weighted by molar-refractivity contribution is 7.92. The predicted octanol–water partition coefficient (Wildman–Crippen LogP) is 3.75. The van der Waals surface area contributed by atoms with Gasteiger partial charge in [0.25, 0.3) is 10.0 Å². The van der Waals surface area contributed by atoms with Gasteiger partial charge >= 0.3 is 11.9 Å². The molecule has 44 heavy (non-hydrogen) atoms. The summed E-state index contributed by atoms with van der Waals surface area (Å²) >= 11 is 0. The first-order valence-electron chi connectivity index (χ1n) is 13.7. The molecule has 0 saturated carbocycles. The zero-order valence-electron chi connectivity index (χ0n) is 23.3. The Morgan fingerprint density at radius 2 is 1.20 bits per heavy atom. The lowest BCUT2D eigenvalue weighted by Crippen LogP contribution is -2.36. The number of carbonyl (C=O) groups is 2. The molecule has 2 N–H and O–H groups in total. The van der Waals surface area contributed by atoms with Crippen LogP contribution in [0.2, 0.25) is 0 Å². The minimum absolute atomic E-state index is 0.122. The monoisotopic (exact) mass is 620 g/mol. The van der Waals surface area contributed by atoms with Crippen LogP contribution in [0.25, 0.3) is 10.8 Å². The molecular weight excluding hydrogens is 592 g/mol. The van der Waals surface area contributed by atoms with Gasteiger partial charge in [0.1, 0.15) is 39.5 Å².